The molecular weight excluding hydrogens is 608 g/mol. The molecule has 4 aromatic rings. The third-order valence-electron chi connectivity index (χ3n) is 7.80. The summed E-state index contributed by atoms with van der Waals surface area (Å²) in [5, 5.41) is 11.8. The number of aliphatic hydroxyl groups is 1. The van der Waals surface area contributed by atoms with Gasteiger partial charge in [0.05, 0.1) is 31.0 Å². The molecule has 11 heteroatoms. The van der Waals surface area contributed by atoms with Crippen LogP contribution in [-0.2, 0) is 27.4 Å². The van der Waals surface area contributed by atoms with Crippen LogP contribution in [0, 0.1) is 6.92 Å². The maximum atomic E-state index is 13.8. The second kappa shape index (κ2) is 12.7. The van der Waals surface area contributed by atoms with E-state index in [1.54, 1.807) is 43.3 Å². The number of hydrogen-bond acceptors (Lipinski definition) is 10. The fourth-order valence-corrected chi connectivity index (χ4v) is 6.67. The zero-order valence-corrected chi connectivity index (χ0v) is 26.6. The number of esters is 1. The largest absolute Gasteiger partial charge is 0.507 e. The first-order valence-corrected chi connectivity index (χ1v) is 15.6. The van der Waals surface area contributed by atoms with Crippen molar-refractivity contribution < 1.29 is 38.4 Å². The summed E-state index contributed by atoms with van der Waals surface area (Å²) in [5.74, 6) is -1.14. The molecule has 2 aliphatic rings. The van der Waals surface area contributed by atoms with Gasteiger partial charge < -0.3 is 24.1 Å². The molecule has 0 bridgehead atoms. The van der Waals surface area contributed by atoms with E-state index in [2.05, 4.69) is 4.98 Å². The van der Waals surface area contributed by atoms with E-state index >= 15 is 0 Å². The Kier molecular flexibility index (Phi) is 8.50. The summed E-state index contributed by atoms with van der Waals surface area (Å²) in [6, 6.07) is 18.9. The van der Waals surface area contributed by atoms with Gasteiger partial charge in [-0.2, -0.15) is 0 Å². The number of nitrogens with zero attached hydrogens (tertiary/aromatic N) is 2. The van der Waals surface area contributed by atoms with Gasteiger partial charge in [-0.15, -0.1) is 0 Å². The molecule has 2 aliphatic heterocycles. The van der Waals surface area contributed by atoms with Gasteiger partial charge in [0.15, 0.2) is 16.6 Å². The molecule has 3 heterocycles. The second-order valence-electron chi connectivity index (χ2n) is 10.9. The van der Waals surface area contributed by atoms with Crippen LogP contribution in [0.2, 0.25) is 0 Å². The van der Waals surface area contributed by atoms with E-state index in [-0.39, 0.29) is 27.4 Å². The van der Waals surface area contributed by atoms with E-state index in [0.29, 0.717) is 53.7 Å². The molecule has 0 spiro atoms. The van der Waals surface area contributed by atoms with Crippen LogP contribution < -0.4 is 19.1 Å². The number of methoxy groups -OCH3 is 1. The van der Waals surface area contributed by atoms with Crippen LogP contribution in [0.1, 0.15) is 57.5 Å². The fourth-order valence-electron chi connectivity index (χ4n) is 5.65. The molecule has 0 radical (unpaired) electrons. The second-order valence-corrected chi connectivity index (χ2v) is 11.9. The molecule has 236 valence electrons. The molecule has 0 unspecified atom stereocenters. The number of Topliss-reactive ketones (excluding diaryl/α,β-unsaturated/α-hetero) is 1. The van der Waals surface area contributed by atoms with Crippen molar-refractivity contribution in [2.75, 3.05) is 18.6 Å². The molecule has 3 aromatic carbocycles. The van der Waals surface area contributed by atoms with Crippen molar-refractivity contribution in [3.8, 4) is 17.2 Å². The van der Waals surface area contributed by atoms with Gasteiger partial charge in [-0.3, -0.25) is 14.5 Å². The maximum Gasteiger partial charge on any atom is 0.350 e. The van der Waals surface area contributed by atoms with Crippen LogP contribution >= 0.6 is 11.3 Å². The van der Waals surface area contributed by atoms with Gasteiger partial charge in [-0.1, -0.05) is 47.7 Å². The van der Waals surface area contributed by atoms with Gasteiger partial charge in [-0.25, -0.2) is 9.78 Å². The molecule has 1 N–H and O–H groups in total. The number of amides is 1. The highest BCUT2D eigenvalue weighted by Crippen LogP contribution is 2.46. The van der Waals surface area contributed by atoms with Crippen LogP contribution in [0.25, 0.3) is 5.76 Å². The minimum atomic E-state index is -1.10. The Balaban J connectivity index is 1.48. The summed E-state index contributed by atoms with van der Waals surface area (Å²) in [6.07, 6.45) is 0.625. The molecule has 6 rings (SSSR count). The molecular formula is C35H32N2O8S. The predicted molar refractivity (Wildman–Crippen MR) is 172 cm³/mol. The SMILES string of the molecule is CCOc1cc([C@@H]2/C(=C(\O)c3ccc4c(c3)C[C@@H](C)O4)C(=O)C(=O)N2c2nc(C)c(C(=O)OC)s2)ccc1OCc1ccccc1. The third-order valence-corrected chi connectivity index (χ3v) is 8.93. The fraction of sp³-hybridized carbons (Fsp3) is 0.257. The van der Waals surface area contributed by atoms with Crippen molar-refractivity contribution >= 4 is 39.9 Å². The van der Waals surface area contributed by atoms with Crippen molar-refractivity contribution in [2.24, 2.45) is 0 Å². The lowest BCUT2D eigenvalue weighted by molar-refractivity contribution is -0.132. The van der Waals surface area contributed by atoms with Gasteiger partial charge in [-0.05, 0) is 67.8 Å². The minimum Gasteiger partial charge on any atom is -0.507 e. The molecule has 2 atom stereocenters. The van der Waals surface area contributed by atoms with Gasteiger partial charge in [0, 0.05) is 12.0 Å². The third kappa shape index (κ3) is 5.69. The van der Waals surface area contributed by atoms with E-state index in [0.717, 1.165) is 22.5 Å². The number of hydrogen-bond donors (Lipinski definition) is 1. The van der Waals surface area contributed by atoms with Gasteiger partial charge in [0.1, 0.15) is 29.1 Å². The quantitative estimate of drug-likeness (QED) is 0.0991. The normalized spacial score (nSPS) is 18.3. The lowest BCUT2D eigenvalue weighted by Crippen LogP contribution is -2.29. The molecule has 0 saturated carbocycles. The van der Waals surface area contributed by atoms with Gasteiger partial charge in [0.2, 0.25) is 0 Å². The van der Waals surface area contributed by atoms with Crippen molar-refractivity contribution in [2.45, 2.75) is 45.9 Å². The van der Waals surface area contributed by atoms with Crippen molar-refractivity contribution in [3.63, 3.8) is 0 Å². The molecule has 1 aromatic heterocycles. The summed E-state index contributed by atoms with van der Waals surface area (Å²) >= 11 is 0.934. The number of aromatic nitrogens is 1. The van der Waals surface area contributed by atoms with Crippen molar-refractivity contribution in [1.29, 1.82) is 0 Å². The van der Waals surface area contributed by atoms with Crippen molar-refractivity contribution in [1.82, 2.24) is 4.98 Å². The average Bonchev–Trinajstić information content (AvgIpc) is 3.71. The molecule has 0 aliphatic carbocycles. The number of rotatable bonds is 9. The smallest absolute Gasteiger partial charge is 0.350 e. The number of aliphatic hydroxyl groups excluding tert-OH is 1. The predicted octanol–water partition coefficient (Wildman–Crippen LogP) is 6.17. The first kappa shape index (κ1) is 30.8. The Bertz CT molecular complexity index is 1870. The van der Waals surface area contributed by atoms with E-state index < -0.39 is 23.7 Å². The highest BCUT2D eigenvalue weighted by molar-refractivity contribution is 7.17. The molecule has 1 saturated heterocycles. The van der Waals surface area contributed by atoms with E-state index in [4.69, 9.17) is 18.9 Å². The number of benzene rings is 3. The van der Waals surface area contributed by atoms with Crippen LogP contribution in [0.4, 0.5) is 5.13 Å². The number of aryl methyl sites for hydroxylation is 1. The first-order valence-electron chi connectivity index (χ1n) is 14.8. The van der Waals surface area contributed by atoms with Crippen LogP contribution in [0.15, 0.2) is 72.3 Å². The summed E-state index contributed by atoms with van der Waals surface area (Å²) in [7, 11) is 1.26. The number of fused-ring (bicyclic) bond motifs is 1. The van der Waals surface area contributed by atoms with Crippen LogP contribution in [0.3, 0.4) is 0 Å². The van der Waals surface area contributed by atoms with Gasteiger partial charge >= 0.3 is 11.9 Å². The number of carbonyl (C=O) groups excluding carboxylic acids is 3. The van der Waals surface area contributed by atoms with E-state index in [1.165, 1.54) is 12.0 Å². The van der Waals surface area contributed by atoms with Crippen LogP contribution in [0.5, 0.6) is 17.2 Å². The number of ketones is 1. The summed E-state index contributed by atoms with van der Waals surface area (Å²) in [4.78, 5) is 45.9. The Hall–Kier alpha value is -5.16. The number of thiazole rings is 1. The summed E-state index contributed by atoms with van der Waals surface area (Å²) < 4.78 is 22.7. The van der Waals surface area contributed by atoms with Crippen molar-refractivity contribution in [3.05, 3.63) is 105 Å². The lowest BCUT2D eigenvalue weighted by atomic mass is 9.94. The van der Waals surface area contributed by atoms with Crippen LogP contribution in [-0.4, -0.2) is 47.6 Å². The molecule has 1 fully saturated rings. The first-order chi connectivity index (χ1) is 22.2. The Labute approximate surface area is 269 Å². The highest BCUT2D eigenvalue weighted by Gasteiger charge is 2.49. The lowest BCUT2D eigenvalue weighted by Gasteiger charge is -2.24. The topological polar surface area (TPSA) is 124 Å². The zero-order valence-electron chi connectivity index (χ0n) is 25.7. The van der Waals surface area contributed by atoms with E-state index in [1.807, 2.05) is 44.2 Å². The zero-order chi connectivity index (χ0) is 32.5. The highest BCUT2D eigenvalue weighted by atomic mass is 32.1. The summed E-state index contributed by atoms with van der Waals surface area (Å²) in [6.45, 7) is 6.04. The Morgan fingerprint density at radius 3 is 2.59 bits per heavy atom. The Morgan fingerprint density at radius 1 is 1.07 bits per heavy atom. The number of carbonyl (C=O) groups is 3. The molecule has 46 heavy (non-hydrogen) atoms. The monoisotopic (exact) mass is 640 g/mol. The van der Waals surface area contributed by atoms with Gasteiger partial charge in [0.25, 0.3) is 5.78 Å². The molecule has 1 amide bonds. The maximum absolute atomic E-state index is 13.8. The Morgan fingerprint density at radius 2 is 1.85 bits per heavy atom. The molecule has 10 nitrogen and oxygen atoms in total. The number of anilines is 1. The van der Waals surface area contributed by atoms with E-state index in [9.17, 15) is 19.5 Å². The number of ether oxygens (including phenoxy) is 4. The minimum absolute atomic E-state index is 0.0188. The standard InChI is InChI=1S/C35H32N2O8S/c1-5-43-27-17-22(11-14-26(27)44-18-21-9-7-6-8-10-21)29-28(30(38)23-12-13-25-24(16-23)15-19(2)45-25)31(39)33(40)37(29)35-36-20(3)32(46-35)34(41)42-4/h6-14,16-17,19,29,38H,5,15,18H2,1-4H3/b30-28+/t19-,29-/m1/s1. The summed E-state index contributed by atoms with van der Waals surface area (Å²) in [5.41, 5.74) is 2.93. The average molecular weight is 641 g/mol.